The molecule has 0 N–H and O–H groups in total. The zero-order valence-electron chi connectivity index (χ0n) is 14.0. The molecule has 0 atom stereocenters. The van der Waals surface area contributed by atoms with Gasteiger partial charge in [-0.1, -0.05) is 6.07 Å². The number of ether oxygens (including phenoxy) is 2. The van der Waals surface area contributed by atoms with Crippen LogP contribution in [0.3, 0.4) is 0 Å². The number of nitrogens with zero attached hydrogens (tertiary/aromatic N) is 5. The lowest BCUT2D eigenvalue weighted by atomic mass is 10.3. The summed E-state index contributed by atoms with van der Waals surface area (Å²) in [4.78, 5) is 2.19. The molecule has 2 aromatic heterocycles. The van der Waals surface area contributed by atoms with E-state index in [-0.39, 0.29) is 0 Å². The molecule has 3 aromatic rings. The van der Waals surface area contributed by atoms with Crippen molar-refractivity contribution < 1.29 is 9.47 Å². The Morgan fingerprint density at radius 1 is 1.04 bits per heavy atom. The van der Waals surface area contributed by atoms with Crippen LogP contribution in [0.1, 0.15) is 0 Å². The van der Waals surface area contributed by atoms with Gasteiger partial charge in [0.1, 0.15) is 5.75 Å². The molecule has 128 valence electrons. The van der Waals surface area contributed by atoms with Crippen LogP contribution in [0.2, 0.25) is 0 Å². The topological polar surface area (TPSA) is 63.7 Å². The van der Waals surface area contributed by atoms with E-state index in [9.17, 15) is 0 Å². The van der Waals surface area contributed by atoms with Crippen LogP contribution in [-0.2, 0) is 4.74 Å². The molecular weight excluding hydrogens is 318 g/mol. The van der Waals surface area contributed by atoms with Crippen molar-refractivity contribution >= 4 is 22.7 Å². The van der Waals surface area contributed by atoms with E-state index in [1.807, 2.05) is 53.2 Å². The predicted molar refractivity (Wildman–Crippen MR) is 95.4 cm³/mol. The minimum atomic E-state index is 0.697. The molecule has 0 radical (unpaired) electrons. The number of fused-ring (bicyclic) bond motifs is 1. The first-order chi connectivity index (χ1) is 12.3. The zero-order chi connectivity index (χ0) is 17.1. The van der Waals surface area contributed by atoms with Crippen molar-refractivity contribution in [2.24, 2.45) is 10.2 Å². The van der Waals surface area contributed by atoms with Crippen LogP contribution in [0.15, 0.2) is 58.9 Å². The molecule has 1 saturated heterocycles. The molecule has 3 heterocycles. The van der Waals surface area contributed by atoms with Gasteiger partial charge in [-0.25, -0.2) is 4.52 Å². The van der Waals surface area contributed by atoms with Crippen molar-refractivity contribution in [1.29, 1.82) is 0 Å². The number of azo groups is 1. The highest BCUT2D eigenvalue weighted by molar-refractivity contribution is 5.80. The highest BCUT2D eigenvalue weighted by Crippen LogP contribution is 2.34. The summed E-state index contributed by atoms with van der Waals surface area (Å²) in [6.07, 6.45) is 1.92. The van der Waals surface area contributed by atoms with E-state index in [1.165, 1.54) is 0 Å². The van der Waals surface area contributed by atoms with Crippen LogP contribution in [0.5, 0.6) is 5.75 Å². The maximum atomic E-state index is 5.44. The maximum Gasteiger partial charge on any atom is 0.179 e. The molecule has 7 nitrogen and oxygen atoms in total. The van der Waals surface area contributed by atoms with Crippen LogP contribution >= 0.6 is 0 Å². The molecule has 0 saturated carbocycles. The summed E-state index contributed by atoms with van der Waals surface area (Å²) < 4.78 is 12.5. The Morgan fingerprint density at radius 2 is 1.84 bits per heavy atom. The second-order valence-corrected chi connectivity index (χ2v) is 5.70. The van der Waals surface area contributed by atoms with Gasteiger partial charge in [0.15, 0.2) is 11.5 Å². The first-order valence-electron chi connectivity index (χ1n) is 8.21. The summed E-state index contributed by atoms with van der Waals surface area (Å²) in [6, 6.07) is 13.4. The fraction of sp³-hybridized carbons (Fsp3) is 0.278. The Balaban J connectivity index is 1.72. The molecular formula is C18H19N5O2. The average Bonchev–Trinajstić information content (AvgIpc) is 3.06. The van der Waals surface area contributed by atoms with Gasteiger partial charge in [-0.3, -0.25) is 0 Å². The standard InChI is InChI=1S/C18H19N5O2/c1-24-15-7-5-14(6-8-15)19-20-17-16-4-2-3-9-23(16)21-18(17)22-10-12-25-13-11-22/h2-9H,10-13H2,1H3/b20-19+. The third-order valence-corrected chi connectivity index (χ3v) is 4.14. The van der Waals surface area contributed by atoms with E-state index in [4.69, 9.17) is 9.47 Å². The largest absolute Gasteiger partial charge is 0.497 e. The molecule has 1 aliphatic rings. The van der Waals surface area contributed by atoms with Gasteiger partial charge in [0.2, 0.25) is 0 Å². The SMILES string of the molecule is COc1ccc(/N=N/c2c(N3CCOCC3)nn3ccccc23)cc1. The lowest BCUT2D eigenvalue weighted by molar-refractivity contribution is 0.122. The average molecular weight is 337 g/mol. The summed E-state index contributed by atoms with van der Waals surface area (Å²) in [5.41, 5.74) is 2.48. The monoisotopic (exact) mass is 337 g/mol. The second-order valence-electron chi connectivity index (χ2n) is 5.70. The third kappa shape index (κ3) is 3.18. The quantitative estimate of drug-likeness (QED) is 0.683. The summed E-state index contributed by atoms with van der Waals surface area (Å²) in [6.45, 7) is 3.00. The van der Waals surface area contributed by atoms with Crippen molar-refractivity contribution in [3.63, 3.8) is 0 Å². The molecule has 4 rings (SSSR count). The Bertz CT molecular complexity index is 882. The van der Waals surface area contributed by atoms with Gasteiger partial charge in [0.25, 0.3) is 0 Å². The van der Waals surface area contributed by atoms with Crippen LogP contribution in [-0.4, -0.2) is 43.0 Å². The van der Waals surface area contributed by atoms with Gasteiger partial charge < -0.3 is 14.4 Å². The molecule has 1 aliphatic heterocycles. The van der Waals surface area contributed by atoms with Crippen molar-refractivity contribution in [1.82, 2.24) is 9.61 Å². The van der Waals surface area contributed by atoms with Crippen molar-refractivity contribution in [3.8, 4) is 5.75 Å². The number of benzene rings is 1. The normalized spacial score (nSPS) is 15.2. The molecule has 25 heavy (non-hydrogen) atoms. The Hall–Kier alpha value is -2.93. The van der Waals surface area contributed by atoms with Gasteiger partial charge in [-0.15, -0.1) is 10.2 Å². The predicted octanol–water partition coefficient (Wildman–Crippen LogP) is 3.59. The number of rotatable bonds is 4. The highest BCUT2D eigenvalue weighted by Gasteiger charge is 2.20. The Morgan fingerprint density at radius 3 is 2.60 bits per heavy atom. The number of morpholine rings is 1. The van der Waals surface area contributed by atoms with Crippen LogP contribution in [0, 0.1) is 0 Å². The number of hydrogen-bond acceptors (Lipinski definition) is 6. The van der Waals surface area contributed by atoms with Crippen molar-refractivity contribution in [2.75, 3.05) is 38.3 Å². The summed E-state index contributed by atoms with van der Waals surface area (Å²) in [5.74, 6) is 1.63. The summed E-state index contributed by atoms with van der Waals surface area (Å²) in [5, 5.41) is 13.6. The molecule has 0 bridgehead atoms. The third-order valence-electron chi connectivity index (χ3n) is 4.14. The van der Waals surface area contributed by atoms with E-state index in [0.29, 0.717) is 13.2 Å². The van der Waals surface area contributed by atoms with E-state index >= 15 is 0 Å². The van der Waals surface area contributed by atoms with Crippen LogP contribution in [0.4, 0.5) is 17.2 Å². The van der Waals surface area contributed by atoms with Gasteiger partial charge in [-0.05, 0) is 36.4 Å². The number of methoxy groups -OCH3 is 1. The molecule has 0 aliphatic carbocycles. The van der Waals surface area contributed by atoms with Gasteiger partial charge in [-0.2, -0.15) is 5.11 Å². The van der Waals surface area contributed by atoms with Crippen molar-refractivity contribution in [3.05, 3.63) is 48.7 Å². The molecule has 7 heteroatoms. The minimum Gasteiger partial charge on any atom is -0.497 e. The fourth-order valence-electron chi connectivity index (χ4n) is 2.81. The molecule has 1 aromatic carbocycles. The van der Waals surface area contributed by atoms with Gasteiger partial charge in [0, 0.05) is 19.3 Å². The van der Waals surface area contributed by atoms with Gasteiger partial charge >= 0.3 is 0 Å². The lowest BCUT2D eigenvalue weighted by Gasteiger charge is -2.26. The Kier molecular flexibility index (Phi) is 4.30. The fourth-order valence-corrected chi connectivity index (χ4v) is 2.81. The number of aromatic nitrogens is 2. The first-order valence-corrected chi connectivity index (χ1v) is 8.21. The lowest BCUT2D eigenvalue weighted by Crippen LogP contribution is -2.36. The van der Waals surface area contributed by atoms with Crippen LogP contribution < -0.4 is 9.64 Å². The smallest absolute Gasteiger partial charge is 0.179 e. The summed E-state index contributed by atoms with van der Waals surface area (Å²) in [7, 11) is 1.64. The second kappa shape index (κ2) is 6.90. The minimum absolute atomic E-state index is 0.697. The highest BCUT2D eigenvalue weighted by atomic mass is 16.5. The molecule has 0 spiro atoms. The van der Waals surface area contributed by atoms with Crippen LogP contribution in [0.25, 0.3) is 5.52 Å². The van der Waals surface area contributed by atoms with Gasteiger partial charge in [0.05, 0.1) is 31.5 Å². The maximum absolute atomic E-state index is 5.44. The van der Waals surface area contributed by atoms with E-state index in [1.54, 1.807) is 7.11 Å². The van der Waals surface area contributed by atoms with E-state index < -0.39 is 0 Å². The molecule has 1 fully saturated rings. The number of hydrogen-bond donors (Lipinski definition) is 0. The summed E-state index contributed by atoms with van der Waals surface area (Å²) >= 11 is 0. The molecule has 0 amide bonds. The van der Waals surface area contributed by atoms with E-state index in [2.05, 4.69) is 20.2 Å². The zero-order valence-corrected chi connectivity index (χ0v) is 14.0. The molecule has 0 unspecified atom stereocenters. The first kappa shape index (κ1) is 15.6. The van der Waals surface area contributed by atoms with Crippen molar-refractivity contribution in [2.45, 2.75) is 0 Å². The Labute approximate surface area is 145 Å². The number of anilines is 1. The number of pyridine rings is 1. The van der Waals surface area contributed by atoms with E-state index in [0.717, 1.165) is 41.5 Å².